The third-order valence-electron chi connectivity index (χ3n) is 6.49. The van der Waals surface area contributed by atoms with E-state index in [1.165, 1.54) is 24.8 Å². The number of aliphatic hydroxyl groups excluding tert-OH is 1. The number of pyridine rings is 1. The molecular formula is C22H28N6O. The minimum absolute atomic E-state index is 0.0102. The molecule has 1 saturated carbocycles. The van der Waals surface area contributed by atoms with Crippen LogP contribution in [-0.2, 0) is 0 Å². The van der Waals surface area contributed by atoms with Gasteiger partial charge in [-0.2, -0.15) is 0 Å². The summed E-state index contributed by atoms with van der Waals surface area (Å²) in [4.78, 5) is 6.89. The molecule has 2 aromatic heterocycles. The highest BCUT2D eigenvalue weighted by Crippen LogP contribution is 2.35. The van der Waals surface area contributed by atoms with Gasteiger partial charge in [0.05, 0.1) is 23.7 Å². The van der Waals surface area contributed by atoms with E-state index in [4.69, 9.17) is 0 Å². The molecule has 0 amide bonds. The second-order valence-electron chi connectivity index (χ2n) is 8.40. The Bertz CT molecular complexity index is 959. The maximum Gasteiger partial charge on any atom is 0.173 e. The summed E-state index contributed by atoms with van der Waals surface area (Å²) < 4.78 is 2.09. The quantitative estimate of drug-likeness (QED) is 0.734. The molecular weight excluding hydrogens is 364 g/mol. The van der Waals surface area contributed by atoms with Gasteiger partial charge in [-0.05, 0) is 59.9 Å². The molecule has 1 aromatic carbocycles. The SMILES string of the molecule is OC1CCN([C@@H](c2ccc3ncccc3c2)c2nnnn2C2CCCCC2)CC1. The number of piperidine rings is 1. The lowest BCUT2D eigenvalue weighted by molar-refractivity contribution is 0.0654. The average Bonchev–Trinajstić information content (AvgIpc) is 3.25. The van der Waals surface area contributed by atoms with Crippen LogP contribution >= 0.6 is 0 Å². The summed E-state index contributed by atoms with van der Waals surface area (Å²) in [5, 5.41) is 24.2. The van der Waals surface area contributed by atoms with Crippen molar-refractivity contribution in [1.82, 2.24) is 30.1 Å². The molecule has 3 aromatic rings. The van der Waals surface area contributed by atoms with Gasteiger partial charge in [0, 0.05) is 24.7 Å². The van der Waals surface area contributed by atoms with Crippen LogP contribution in [0.15, 0.2) is 36.5 Å². The number of hydrogen-bond acceptors (Lipinski definition) is 6. The monoisotopic (exact) mass is 392 g/mol. The molecule has 0 bridgehead atoms. The minimum Gasteiger partial charge on any atom is -0.393 e. The number of fused-ring (bicyclic) bond motifs is 1. The smallest absolute Gasteiger partial charge is 0.173 e. The number of aliphatic hydroxyl groups is 1. The van der Waals surface area contributed by atoms with E-state index in [-0.39, 0.29) is 12.1 Å². The summed E-state index contributed by atoms with van der Waals surface area (Å²) in [7, 11) is 0. The van der Waals surface area contributed by atoms with E-state index in [0.29, 0.717) is 6.04 Å². The summed E-state index contributed by atoms with van der Waals surface area (Å²) in [5.74, 6) is 0.927. The van der Waals surface area contributed by atoms with Crippen LogP contribution in [0.2, 0.25) is 0 Å². The van der Waals surface area contributed by atoms with Crippen molar-refractivity contribution in [2.24, 2.45) is 0 Å². The molecule has 7 heteroatoms. The number of benzene rings is 1. The van der Waals surface area contributed by atoms with Crippen molar-refractivity contribution in [2.45, 2.75) is 63.1 Å². The zero-order valence-electron chi connectivity index (χ0n) is 16.7. The standard InChI is InChI=1S/C22H28N6O/c29-19-10-13-27(14-11-19)21(17-8-9-20-16(15-17)5-4-12-23-20)22-24-25-26-28(22)18-6-2-1-3-7-18/h4-5,8-9,12,15,18-19,21,29H,1-3,6-7,10-11,13-14H2/t21-/m0/s1. The number of likely N-dealkylation sites (tertiary alicyclic amines) is 1. The van der Waals surface area contributed by atoms with Crippen LogP contribution in [0.25, 0.3) is 10.9 Å². The third-order valence-corrected chi connectivity index (χ3v) is 6.49. The van der Waals surface area contributed by atoms with E-state index in [1.807, 2.05) is 12.3 Å². The fraction of sp³-hybridized carbons (Fsp3) is 0.545. The molecule has 0 unspecified atom stereocenters. The van der Waals surface area contributed by atoms with Crippen molar-refractivity contribution >= 4 is 10.9 Å². The lowest BCUT2D eigenvalue weighted by atomic mass is 9.94. The van der Waals surface area contributed by atoms with Crippen LogP contribution in [0.4, 0.5) is 0 Å². The van der Waals surface area contributed by atoms with Crippen LogP contribution in [0.1, 0.15) is 68.4 Å². The van der Waals surface area contributed by atoms with Crippen molar-refractivity contribution in [3.8, 4) is 0 Å². The zero-order valence-corrected chi connectivity index (χ0v) is 16.7. The second kappa shape index (κ2) is 8.16. The van der Waals surface area contributed by atoms with E-state index in [0.717, 1.165) is 55.5 Å². The molecule has 1 N–H and O–H groups in total. The molecule has 5 rings (SSSR count). The largest absolute Gasteiger partial charge is 0.393 e. The molecule has 7 nitrogen and oxygen atoms in total. The van der Waals surface area contributed by atoms with Gasteiger partial charge in [-0.15, -0.1) is 5.10 Å². The predicted octanol–water partition coefficient (Wildman–Crippen LogP) is 3.27. The van der Waals surface area contributed by atoms with Crippen molar-refractivity contribution < 1.29 is 5.11 Å². The van der Waals surface area contributed by atoms with Crippen molar-refractivity contribution in [3.63, 3.8) is 0 Å². The highest BCUT2D eigenvalue weighted by atomic mass is 16.3. The van der Waals surface area contributed by atoms with Crippen molar-refractivity contribution in [2.75, 3.05) is 13.1 Å². The molecule has 2 fully saturated rings. The molecule has 1 aliphatic heterocycles. The molecule has 152 valence electrons. The van der Waals surface area contributed by atoms with Gasteiger partial charge in [-0.25, -0.2) is 4.68 Å². The summed E-state index contributed by atoms with van der Waals surface area (Å²) in [6, 6.07) is 10.9. The Morgan fingerprint density at radius 2 is 1.83 bits per heavy atom. The van der Waals surface area contributed by atoms with E-state index in [1.54, 1.807) is 0 Å². The van der Waals surface area contributed by atoms with Gasteiger partial charge in [0.25, 0.3) is 0 Å². The van der Waals surface area contributed by atoms with E-state index >= 15 is 0 Å². The van der Waals surface area contributed by atoms with E-state index in [2.05, 4.69) is 54.4 Å². The molecule has 2 aliphatic rings. The number of rotatable bonds is 4. The van der Waals surface area contributed by atoms with E-state index < -0.39 is 0 Å². The fourth-order valence-electron chi connectivity index (χ4n) is 4.90. The number of hydrogen-bond donors (Lipinski definition) is 1. The van der Waals surface area contributed by atoms with Crippen molar-refractivity contribution in [1.29, 1.82) is 0 Å². The third kappa shape index (κ3) is 3.76. The number of aromatic nitrogens is 5. The van der Waals surface area contributed by atoms with Crippen molar-refractivity contribution in [3.05, 3.63) is 47.9 Å². The Balaban J connectivity index is 1.56. The second-order valence-corrected chi connectivity index (χ2v) is 8.40. The van der Waals surface area contributed by atoms with Gasteiger partial charge >= 0.3 is 0 Å². The fourth-order valence-corrected chi connectivity index (χ4v) is 4.90. The molecule has 0 radical (unpaired) electrons. The minimum atomic E-state index is -0.206. The van der Waals surface area contributed by atoms with Gasteiger partial charge in [0.1, 0.15) is 0 Å². The molecule has 1 atom stereocenters. The van der Waals surface area contributed by atoms with Crippen LogP contribution < -0.4 is 0 Å². The van der Waals surface area contributed by atoms with Gasteiger partial charge in [-0.1, -0.05) is 31.4 Å². The Labute approximate surface area is 170 Å². The normalized spacial score (nSPS) is 20.9. The highest BCUT2D eigenvalue weighted by molar-refractivity contribution is 5.79. The first-order valence-electron chi connectivity index (χ1n) is 10.8. The number of nitrogens with zero attached hydrogens (tertiary/aromatic N) is 6. The van der Waals surface area contributed by atoms with Gasteiger partial charge in [0.2, 0.25) is 0 Å². The first-order chi connectivity index (χ1) is 14.3. The maximum absolute atomic E-state index is 10.0. The van der Waals surface area contributed by atoms with Gasteiger partial charge in [0.15, 0.2) is 5.82 Å². The summed E-state index contributed by atoms with van der Waals surface area (Å²) >= 11 is 0. The average molecular weight is 393 g/mol. The zero-order chi connectivity index (χ0) is 19.6. The van der Waals surface area contributed by atoms with Crippen LogP contribution in [0.3, 0.4) is 0 Å². The van der Waals surface area contributed by atoms with E-state index in [9.17, 15) is 5.11 Å². The molecule has 29 heavy (non-hydrogen) atoms. The summed E-state index contributed by atoms with van der Waals surface area (Å²) in [6.45, 7) is 1.68. The predicted molar refractivity (Wildman–Crippen MR) is 110 cm³/mol. The number of tetrazole rings is 1. The Morgan fingerprint density at radius 3 is 2.66 bits per heavy atom. The molecule has 1 aliphatic carbocycles. The maximum atomic E-state index is 10.0. The first-order valence-corrected chi connectivity index (χ1v) is 10.8. The molecule has 3 heterocycles. The van der Waals surface area contributed by atoms with Gasteiger partial charge < -0.3 is 5.11 Å². The Morgan fingerprint density at radius 1 is 1.00 bits per heavy atom. The first kappa shape index (κ1) is 18.6. The lowest BCUT2D eigenvalue weighted by Crippen LogP contribution is -2.40. The Kier molecular flexibility index (Phi) is 5.24. The molecule has 1 saturated heterocycles. The summed E-state index contributed by atoms with van der Waals surface area (Å²) in [5.41, 5.74) is 2.18. The Hall–Kier alpha value is -2.38. The molecule has 0 spiro atoms. The van der Waals surface area contributed by atoms with Crippen LogP contribution in [0.5, 0.6) is 0 Å². The van der Waals surface area contributed by atoms with Gasteiger partial charge in [-0.3, -0.25) is 9.88 Å². The van der Waals surface area contributed by atoms with Crippen LogP contribution in [0, 0.1) is 0 Å². The lowest BCUT2D eigenvalue weighted by Gasteiger charge is -2.36. The summed E-state index contributed by atoms with van der Waals surface area (Å²) in [6.07, 6.45) is 9.28. The topological polar surface area (TPSA) is 80.0 Å². The highest BCUT2D eigenvalue weighted by Gasteiger charge is 2.32. The van der Waals surface area contributed by atoms with Crippen LogP contribution in [-0.4, -0.2) is 54.4 Å².